The number of anilines is 1. The molecule has 2 bridgehead atoms. The molecule has 2 aliphatic heterocycles. The van der Waals surface area contributed by atoms with E-state index in [9.17, 15) is 4.79 Å². The van der Waals surface area contributed by atoms with Crippen LogP contribution < -0.4 is 16.2 Å². The van der Waals surface area contributed by atoms with Crippen molar-refractivity contribution in [2.45, 2.75) is 57.3 Å². The van der Waals surface area contributed by atoms with E-state index < -0.39 is 0 Å². The van der Waals surface area contributed by atoms with Crippen molar-refractivity contribution in [3.8, 4) is 11.1 Å². The Morgan fingerprint density at radius 2 is 2.12 bits per heavy atom. The molecule has 8 nitrogen and oxygen atoms in total. The third kappa shape index (κ3) is 2.69. The molecule has 0 radical (unpaired) electrons. The van der Waals surface area contributed by atoms with E-state index in [0.29, 0.717) is 28.0 Å². The molecule has 2 aliphatic rings. The monoisotopic (exact) mass is 451 g/mol. The number of nitrogens with zero attached hydrogens (tertiary/aromatic N) is 5. The van der Waals surface area contributed by atoms with E-state index in [4.69, 9.17) is 22.3 Å². The van der Waals surface area contributed by atoms with Crippen LogP contribution >= 0.6 is 11.6 Å². The maximum Gasteiger partial charge on any atom is 0.264 e. The van der Waals surface area contributed by atoms with Crippen LogP contribution in [-0.2, 0) is 13.6 Å². The van der Waals surface area contributed by atoms with Crippen molar-refractivity contribution in [3.05, 3.63) is 39.9 Å². The minimum atomic E-state index is -0.0831. The molecule has 1 aromatic carbocycles. The quantitative estimate of drug-likeness (QED) is 0.497. The summed E-state index contributed by atoms with van der Waals surface area (Å²) in [6.45, 7) is 2.80. The number of halogens is 1. The van der Waals surface area contributed by atoms with Crippen molar-refractivity contribution >= 4 is 39.5 Å². The first-order chi connectivity index (χ1) is 15.5. The zero-order valence-corrected chi connectivity index (χ0v) is 18.9. The van der Waals surface area contributed by atoms with Crippen molar-refractivity contribution in [1.82, 2.24) is 24.3 Å². The van der Waals surface area contributed by atoms with E-state index in [2.05, 4.69) is 15.0 Å². The van der Waals surface area contributed by atoms with E-state index >= 15 is 0 Å². The first kappa shape index (κ1) is 19.8. The number of piperidine rings is 1. The Labute approximate surface area is 190 Å². The van der Waals surface area contributed by atoms with Gasteiger partial charge in [-0.1, -0.05) is 17.7 Å². The molecule has 4 aromatic rings. The molecule has 0 spiro atoms. The molecule has 3 aromatic heterocycles. The van der Waals surface area contributed by atoms with Crippen molar-refractivity contribution in [1.29, 1.82) is 0 Å². The lowest BCUT2D eigenvalue weighted by molar-refractivity contribution is 0.445. The maximum atomic E-state index is 13.6. The van der Waals surface area contributed by atoms with Crippen LogP contribution in [0.3, 0.4) is 0 Å². The number of nitrogens with one attached hydrogen (secondary N) is 1. The second-order valence-electron chi connectivity index (χ2n) is 9.01. The number of aromatic amines is 1. The Hall–Kier alpha value is -2.84. The molecular weight excluding hydrogens is 426 g/mol. The lowest BCUT2D eigenvalue weighted by atomic mass is 10.0. The summed E-state index contributed by atoms with van der Waals surface area (Å²) in [5.74, 6) is 0.698. The van der Waals surface area contributed by atoms with Gasteiger partial charge in [0.15, 0.2) is 0 Å². The molecule has 9 heteroatoms. The Morgan fingerprint density at radius 1 is 1.28 bits per heavy atom. The highest BCUT2D eigenvalue weighted by atomic mass is 35.5. The standard InChI is InChI=1S/C23H26ClN7O/c1-3-30-11-15-17(28-30)8-7-13(20(15)24)14-10-26-21-19(14)22(32)29(2)23(27-21)31-12-5-4-6-18(31)16(25)9-12/h7-8,10-12,16,18,26H,3-6,9,25H2,1-2H3/t12-,16+,18+/m0/s1. The molecular formula is C23H26ClN7O. The predicted octanol–water partition coefficient (Wildman–Crippen LogP) is 3.41. The highest BCUT2D eigenvalue weighted by molar-refractivity contribution is 6.38. The zero-order chi connectivity index (χ0) is 22.1. The van der Waals surface area contributed by atoms with E-state index in [0.717, 1.165) is 47.8 Å². The summed E-state index contributed by atoms with van der Waals surface area (Å²) in [5, 5.41) is 6.55. The molecule has 6 rings (SSSR count). The van der Waals surface area contributed by atoms with Crippen molar-refractivity contribution < 1.29 is 0 Å². The van der Waals surface area contributed by atoms with Gasteiger partial charge in [0.05, 0.1) is 15.9 Å². The van der Waals surface area contributed by atoms with Gasteiger partial charge in [0, 0.05) is 60.6 Å². The number of hydrogen-bond donors (Lipinski definition) is 2. The minimum absolute atomic E-state index is 0.0831. The van der Waals surface area contributed by atoms with E-state index in [1.165, 1.54) is 6.42 Å². The van der Waals surface area contributed by atoms with Gasteiger partial charge >= 0.3 is 0 Å². The predicted molar refractivity (Wildman–Crippen MR) is 127 cm³/mol. The topological polar surface area (TPSA) is 97.8 Å². The molecule has 3 atom stereocenters. The Kier molecular flexibility index (Phi) is 4.39. The molecule has 166 valence electrons. The molecule has 3 N–H and O–H groups in total. The highest BCUT2D eigenvalue weighted by Crippen LogP contribution is 2.39. The molecule has 0 aliphatic carbocycles. The molecule has 32 heavy (non-hydrogen) atoms. The summed E-state index contributed by atoms with van der Waals surface area (Å²) < 4.78 is 3.53. The molecule has 2 fully saturated rings. The number of nitrogens with two attached hydrogens (primary N) is 1. The lowest BCUT2D eigenvalue weighted by Crippen LogP contribution is -2.46. The van der Waals surface area contributed by atoms with Gasteiger partial charge in [0.1, 0.15) is 5.65 Å². The van der Waals surface area contributed by atoms with Crippen LogP contribution in [0.5, 0.6) is 0 Å². The van der Waals surface area contributed by atoms with Crippen LogP contribution in [0.4, 0.5) is 5.95 Å². The maximum absolute atomic E-state index is 13.6. The largest absolute Gasteiger partial charge is 0.345 e. The fourth-order valence-electron chi connectivity index (χ4n) is 5.62. The third-order valence-corrected chi connectivity index (χ3v) is 7.64. The lowest BCUT2D eigenvalue weighted by Gasteiger charge is -2.36. The smallest absolute Gasteiger partial charge is 0.264 e. The van der Waals surface area contributed by atoms with Gasteiger partial charge in [-0.05, 0) is 38.7 Å². The summed E-state index contributed by atoms with van der Waals surface area (Å²) in [4.78, 5) is 24.0. The Morgan fingerprint density at radius 3 is 2.91 bits per heavy atom. The van der Waals surface area contributed by atoms with Crippen LogP contribution in [0.2, 0.25) is 5.02 Å². The number of hydrogen-bond acceptors (Lipinski definition) is 5. The summed E-state index contributed by atoms with van der Waals surface area (Å²) in [6.07, 6.45) is 8.04. The van der Waals surface area contributed by atoms with Crippen LogP contribution in [0.15, 0.2) is 29.3 Å². The minimum Gasteiger partial charge on any atom is -0.345 e. The molecule has 0 amide bonds. The van der Waals surface area contributed by atoms with Crippen LogP contribution in [-0.4, -0.2) is 42.4 Å². The van der Waals surface area contributed by atoms with E-state index in [1.807, 2.05) is 36.1 Å². The second-order valence-corrected chi connectivity index (χ2v) is 9.38. The molecule has 2 saturated heterocycles. The number of rotatable bonds is 3. The first-order valence-corrected chi connectivity index (χ1v) is 11.6. The number of H-pyrrole nitrogens is 1. The van der Waals surface area contributed by atoms with E-state index in [1.54, 1.807) is 11.6 Å². The first-order valence-electron chi connectivity index (χ1n) is 11.3. The van der Waals surface area contributed by atoms with Gasteiger partial charge in [-0.15, -0.1) is 0 Å². The second kappa shape index (κ2) is 7.08. The molecule has 0 saturated carbocycles. The number of aryl methyl sites for hydroxylation is 1. The average molecular weight is 452 g/mol. The van der Waals surface area contributed by atoms with Gasteiger partial charge in [-0.3, -0.25) is 14.0 Å². The number of aromatic nitrogens is 5. The van der Waals surface area contributed by atoms with Crippen LogP contribution in [0.25, 0.3) is 33.1 Å². The number of benzene rings is 1. The number of fused-ring (bicyclic) bond motifs is 4. The molecule has 0 unspecified atom stereocenters. The van der Waals surface area contributed by atoms with Gasteiger partial charge < -0.3 is 15.6 Å². The van der Waals surface area contributed by atoms with Crippen molar-refractivity contribution in [3.63, 3.8) is 0 Å². The van der Waals surface area contributed by atoms with Gasteiger partial charge in [-0.25, -0.2) is 0 Å². The zero-order valence-electron chi connectivity index (χ0n) is 18.2. The summed E-state index contributed by atoms with van der Waals surface area (Å²) in [5.41, 5.74) is 9.31. The van der Waals surface area contributed by atoms with Gasteiger partial charge in [-0.2, -0.15) is 10.1 Å². The fourth-order valence-corrected chi connectivity index (χ4v) is 5.93. The summed E-state index contributed by atoms with van der Waals surface area (Å²) in [6, 6.07) is 4.59. The Balaban J connectivity index is 1.52. The summed E-state index contributed by atoms with van der Waals surface area (Å²) in [7, 11) is 1.80. The van der Waals surface area contributed by atoms with Crippen molar-refractivity contribution in [2.75, 3.05) is 4.90 Å². The average Bonchev–Trinajstić information content (AvgIpc) is 3.45. The fraction of sp³-hybridized carbons (Fsp3) is 0.435. The van der Waals surface area contributed by atoms with Gasteiger partial charge in [0.25, 0.3) is 5.56 Å². The van der Waals surface area contributed by atoms with E-state index in [-0.39, 0.29) is 17.6 Å². The summed E-state index contributed by atoms with van der Waals surface area (Å²) >= 11 is 6.79. The Bertz CT molecular complexity index is 1420. The van der Waals surface area contributed by atoms with Crippen LogP contribution in [0.1, 0.15) is 32.6 Å². The normalized spacial score (nSPS) is 23.0. The highest BCUT2D eigenvalue weighted by Gasteiger charge is 2.43. The van der Waals surface area contributed by atoms with Crippen molar-refractivity contribution in [2.24, 2.45) is 12.8 Å². The SMILES string of the molecule is CCn1cc2c(Cl)c(-c3c[nH]c4nc(N5[C@H]6CCC[C@@H]5[C@H](N)C6)n(C)c(=O)c34)ccc2n1. The van der Waals surface area contributed by atoms with Gasteiger partial charge in [0.2, 0.25) is 5.95 Å². The van der Waals surface area contributed by atoms with Crippen LogP contribution in [0, 0.1) is 0 Å². The third-order valence-electron chi connectivity index (χ3n) is 7.23. The molecule has 5 heterocycles.